The number of nitrogens with zero attached hydrogens (tertiary/aromatic N) is 1. The second-order valence-corrected chi connectivity index (χ2v) is 9.08. The van der Waals surface area contributed by atoms with Crippen molar-refractivity contribution in [2.45, 2.75) is 39.3 Å². The molecule has 3 aromatic rings. The van der Waals surface area contributed by atoms with E-state index >= 15 is 0 Å². The van der Waals surface area contributed by atoms with E-state index in [-0.39, 0.29) is 32.3 Å². The van der Waals surface area contributed by atoms with Crippen LogP contribution < -0.4 is 20.3 Å². The molecule has 212 valence electrons. The van der Waals surface area contributed by atoms with Crippen LogP contribution in [0.3, 0.4) is 0 Å². The van der Waals surface area contributed by atoms with Gasteiger partial charge in [-0.05, 0) is 48.7 Å². The second kappa shape index (κ2) is 16.6. The number of halogens is 1. The number of amides is 1. The average Bonchev–Trinajstić information content (AvgIpc) is 2.95. The number of nitrogens with one attached hydrogen (secondary N) is 2. The molecule has 2 atom stereocenters. The molecule has 4 rings (SSSR count). The van der Waals surface area contributed by atoms with Crippen LogP contribution in [0.2, 0.25) is 0 Å². The highest BCUT2D eigenvalue weighted by Gasteiger charge is 2.23. The number of hydrogen-bond acceptors (Lipinski definition) is 6. The molecule has 1 aliphatic rings. The number of hydrogen-bond donors (Lipinski definition) is 3. The van der Waals surface area contributed by atoms with Crippen molar-refractivity contribution < 1.29 is 19.4 Å². The first-order chi connectivity index (χ1) is 18.2. The van der Waals surface area contributed by atoms with Gasteiger partial charge in [-0.25, -0.2) is 0 Å². The van der Waals surface area contributed by atoms with Crippen molar-refractivity contribution in [3.8, 4) is 5.75 Å². The second-order valence-electron chi connectivity index (χ2n) is 9.08. The van der Waals surface area contributed by atoms with Crippen LogP contribution in [-0.4, -0.2) is 56.6 Å². The lowest BCUT2D eigenvalue weighted by atomic mass is 10.0. The monoisotopic (exact) mass is 555 g/mol. The van der Waals surface area contributed by atoms with Gasteiger partial charge in [-0.1, -0.05) is 62.0 Å². The van der Waals surface area contributed by atoms with E-state index in [0.29, 0.717) is 13.0 Å². The number of aliphatic hydroxyl groups is 1. The zero-order chi connectivity index (χ0) is 25.9. The Labute approximate surface area is 238 Å². The number of para-hydroxylation sites is 2. The zero-order valence-corrected chi connectivity index (χ0v) is 22.7. The van der Waals surface area contributed by atoms with Crippen LogP contribution >= 0.6 is 12.4 Å². The van der Waals surface area contributed by atoms with Gasteiger partial charge in [-0.3, -0.25) is 4.79 Å². The standard InChI is InChI=1S/C30H37N3O4.CH4.ClH/c1-2-36-29(30(35)32-26(22-34)24-9-4-3-5-10-24)21-23-13-15-25(16-14-23)31-17-8-18-33-19-20-37-28-12-7-6-11-27(28)33;;/h3-7,9-16,26,29,31,34H,2,8,17-22H2,1H3,(H,32,35);1H4;1H/t26-,29+;;/m0../s1. The maximum atomic E-state index is 13.0. The van der Waals surface area contributed by atoms with E-state index < -0.39 is 12.1 Å². The zero-order valence-electron chi connectivity index (χ0n) is 21.8. The molecule has 3 N–H and O–H groups in total. The summed E-state index contributed by atoms with van der Waals surface area (Å²) in [5.74, 6) is 0.736. The Balaban J connectivity index is 0.00000267. The molecule has 0 spiro atoms. The number of fused-ring (bicyclic) bond motifs is 1. The van der Waals surface area contributed by atoms with Crippen molar-refractivity contribution >= 4 is 29.7 Å². The largest absolute Gasteiger partial charge is 0.490 e. The van der Waals surface area contributed by atoms with Gasteiger partial charge < -0.3 is 30.1 Å². The van der Waals surface area contributed by atoms with E-state index in [1.165, 1.54) is 5.69 Å². The van der Waals surface area contributed by atoms with Gasteiger partial charge in [0.1, 0.15) is 18.5 Å². The van der Waals surface area contributed by atoms with Crippen LogP contribution in [0.25, 0.3) is 0 Å². The Morgan fingerprint density at radius 3 is 2.49 bits per heavy atom. The molecule has 7 nitrogen and oxygen atoms in total. The molecule has 0 aliphatic carbocycles. The van der Waals surface area contributed by atoms with Crippen molar-refractivity contribution in [2.75, 3.05) is 49.7 Å². The molecule has 0 radical (unpaired) electrons. The van der Waals surface area contributed by atoms with Crippen LogP contribution in [0.4, 0.5) is 11.4 Å². The highest BCUT2D eigenvalue weighted by molar-refractivity contribution is 5.85. The van der Waals surface area contributed by atoms with Crippen LogP contribution in [0.1, 0.15) is 37.9 Å². The molecular weight excluding hydrogens is 514 g/mol. The normalized spacial score (nSPS) is 13.5. The van der Waals surface area contributed by atoms with E-state index in [2.05, 4.69) is 21.6 Å². The predicted octanol–water partition coefficient (Wildman–Crippen LogP) is 5.24. The summed E-state index contributed by atoms with van der Waals surface area (Å²) < 4.78 is 11.5. The van der Waals surface area contributed by atoms with Crippen LogP contribution in [0.5, 0.6) is 5.75 Å². The lowest BCUT2D eigenvalue weighted by Crippen LogP contribution is -2.41. The van der Waals surface area contributed by atoms with Gasteiger partial charge in [0.25, 0.3) is 0 Å². The van der Waals surface area contributed by atoms with Gasteiger partial charge in [-0.15, -0.1) is 12.4 Å². The Kier molecular flexibility index (Phi) is 13.6. The van der Waals surface area contributed by atoms with E-state index in [9.17, 15) is 9.90 Å². The smallest absolute Gasteiger partial charge is 0.250 e. The predicted molar refractivity (Wildman–Crippen MR) is 161 cm³/mol. The van der Waals surface area contributed by atoms with Gasteiger partial charge in [0, 0.05) is 31.8 Å². The summed E-state index contributed by atoms with van der Waals surface area (Å²) in [6.07, 6.45) is 0.845. The highest BCUT2D eigenvalue weighted by Crippen LogP contribution is 2.30. The minimum atomic E-state index is -0.627. The number of benzene rings is 3. The van der Waals surface area contributed by atoms with Gasteiger partial charge in [0.15, 0.2) is 0 Å². The Morgan fingerprint density at radius 2 is 1.77 bits per heavy atom. The first kappa shape index (κ1) is 32.0. The van der Waals surface area contributed by atoms with E-state index in [1.807, 2.05) is 79.7 Å². The molecule has 0 saturated heterocycles. The molecule has 8 heteroatoms. The van der Waals surface area contributed by atoms with Crippen molar-refractivity contribution in [1.82, 2.24) is 5.32 Å². The third-order valence-electron chi connectivity index (χ3n) is 6.49. The molecule has 1 amide bonds. The first-order valence-electron chi connectivity index (χ1n) is 13.0. The summed E-state index contributed by atoms with van der Waals surface area (Å²) in [5, 5.41) is 16.2. The van der Waals surface area contributed by atoms with Gasteiger partial charge >= 0.3 is 0 Å². The topological polar surface area (TPSA) is 83.1 Å². The summed E-state index contributed by atoms with van der Waals surface area (Å²) in [7, 11) is 0. The van der Waals surface area contributed by atoms with Gasteiger partial charge in [0.05, 0.1) is 24.9 Å². The molecule has 0 aromatic heterocycles. The Bertz CT molecular complexity index is 1110. The summed E-state index contributed by atoms with van der Waals surface area (Å²) in [5.41, 5.74) is 4.10. The van der Waals surface area contributed by atoms with Crippen molar-refractivity contribution in [1.29, 1.82) is 0 Å². The number of rotatable bonds is 13. The molecule has 1 aliphatic heterocycles. The van der Waals surface area contributed by atoms with Crippen LogP contribution in [-0.2, 0) is 16.0 Å². The number of ether oxygens (including phenoxy) is 2. The third kappa shape index (κ3) is 9.17. The van der Waals surface area contributed by atoms with Crippen molar-refractivity contribution in [3.63, 3.8) is 0 Å². The summed E-state index contributed by atoms with van der Waals surface area (Å²) in [6.45, 7) is 5.60. The molecule has 0 bridgehead atoms. The fourth-order valence-electron chi connectivity index (χ4n) is 4.55. The summed E-state index contributed by atoms with van der Waals surface area (Å²) >= 11 is 0. The minimum absolute atomic E-state index is 0. The van der Waals surface area contributed by atoms with Crippen molar-refractivity contribution in [2.24, 2.45) is 0 Å². The molecule has 0 saturated carbocycles. The lowest BCUT2D eigenvalue weighted by molar-refractivity contribution is -0.133. The minimum Gasteiger partial charge on any atom is -0.490 e. The SMILES string of the molecule is C.CCO[C@H](Cc1ccc(NCCCN2CCOc3ccccc32)cc1)C(=O)N[C@@H](CO)c1ccccc1.Cl. The van der Waals surface area contributed by atoms with E-state index in [4.69, 9.17) is 9.47 Å². The maximum absolute atomic E-state index is 13.0. The number of aliphatic hydroxyl groups excluding tert-OH is 1. The molecule has 1 heterocycles. The van der Waals surface area contributed by atoms with Gasteiger partial charge in [0.2, 0.25) is 5.91 Å². The lowest BCUT2D eigenvalue weighted by Gasteiger charge is -2.31. The molecule has 0 fully saturated rings. The quantitative estimate of drug-likeness (QED) is 0.250. The number of carbonyl (C=O) groups excluding carboxylic acids is 1. The van der Waals surface area contributed by atoms with Crippen LogP contribution in [0.15, 0.2) is 78.9 Å². The summed E-state index contributed by atoms with van der Waals surface area (Å²) in [4.78, 5) is 15.3. The highest BCUT2D eigenvalue weighted by atomic mass is 35.5. The summed E-state index contributed by atoms with van der Waals surface area (Å²) in [6, 6.07) is 25.3. The maximum Gasteiger partial charge on any atom is 0.250 e. The van der Waals surface area contributed by atoms with Crippen LogP contribution in [0, 0.1) is 0 Å². The first-order valence-corrected chi connectivity index (χ1v) is 13.0. The number of anilines is 2. The molecule has 3 aromatic carbocycles. The molecule has 0 unspecified atom stereocenters. The fourth-order valence-corrected chi connectivity index (χ4v) is 4.55. The molecule has 39 heavy (non-hydrogen) atoms. The van der Waals surface area contributed by atoms with E-state index in [0.717, 1.165) is 55.2 Å². The number of carbonyl (C=O) groups is 1. The third-order valence-corrected chi connectivity index (χ3v) is 6.49. The Morgan fingerprint density at radius 1 is 1.05 bits per heavy atom. The molecular formula is C31H42ClN3O4. The van der Waals surface area contributed by atoms with Crippen molar-refractivity contribution in [3.05, 3.63) is 90.0 Å². The fraction of sp³-hybridized carbons (Fsp3) is 0.387. The van der Waals surface area contributed by atoms with Gasteiger partial charge in [-0.2, -0.15) is 0 Å². The van der Waals surface area contributed by atoms with E-state index in [1.54, 1.807) is 0 Å². The Hall–Kier alpha value is -3.26. The average molecular weight is 556 g/mol.